The average molecular weight is 350 g/mol. The lowest BCUT2D eigenvalue weighted by molar-refractivity contribution is 0.0628. The molecular weight excluding hydrogens is 333 g/mol. The molecule has 120 valence electrons. The van der Waals surface area contributed by atoms with Crippen LogP contribution in [-0.2, 0) is 6.54 Å². The zero-order valence-corrected chi connectivity index (χ0v) is 14.1. The lowest BCUT2D eigenvalue weighted by Gasteiger charge is -2.34. The third kappa shape index (κ3) is 4.22. The minimum Gasteiger partial charge on any atom is -0.336 e. The van der Waals surface area contributed by atoms with E-state index in [0.717, 1.165) is 24.7 Å². The molecule has 1 fully saturated rings. The number of benzene rings is 1. The largest absolute Gasteiger partial charge is 0.336 e. The highest BCUT2D eigenvalue weighted by Crippen LogP contribution is 2.15. The van der Waals surface area contributed by atoms with Crippen LogP contribution in [0.15, 0.2) is 42.6 Å². The van der Waals surface area contributed by atoms with E-state index in [9.17, 15) is 4.79 Å². The second kappa shape index (κ2) is 7.30. The number of piperazine rings is 1. The zero-order valence-electron chi connectivity index (χ0n) is 12.6. The Balaban J connectivity index is 1.55. The molecule has 1 amide bonds. The second-order valence-electron chi connectivity index (χ2n) is 5.57. The van der Waals surface area contributed by atoms with Crippen molar-refractivity contribution in [2.75, 3.05) is 26.2 Å². The predicted octanol–water partition coefficient (Wildman–Crippen LogP) is 3.35. The van der Waals surface area contributed by atoms with Gasteiger partial charge in [-0.3, -0.25) is 9.69 Å². The van der Waals surface area contributed by atoms with Gasteiger partial charge in [0, 0.05) is 43.9 Å². The van der Waals surface area contributed by atoms with Crippen molar-refractivity contribution < 1.29 is 4.79 Å². The van der Waals surface area contributed by atoms with Crippen LogP contribution >= 0.6 is 23.2 Å². The van der Waals surface area contributed by atoms with Gasteiger partial charge in [0.05, 0.1) is 5.56 Å². The highest BCUT2D eigenvalue weighted by atomic mass is 35.5. The van der Waals surface area contributed by atoms with Gasteiger partial charge in [-0.05, 0) is 29.8 Å². The fourth-order valence-electron chi connectivity index (χ4n) is 2.69. The standard InChI is InChI=1S/C17H17Cl2N3O/c18-15-3-1-2-13(10-15)12-21-6-8-22(9-7-21)17(23)14-4-5-16(19)20-11-14/h1-5,10-11H,6-9,12H2. The molecule has 0 N–H and O–H groups in total. The number of rotatable bonds is 3. The van der Waals surface area contributed by atoms with Gasteiger partial charge in [0.2, 0.25) is 0 Å². The van der Waals surface area contributed by atoms with E-state index in [-0.39, 0.29) is 5.91 Å². The Bertz CT molecular complexity index is 682. The van der Waals surface area contributed by atoms with Crippen molar-refractivity contribution in [2.24, 2.45) is 0 Å². The summed E-state index contributed by atoms with van der Waals surface area (Å²) >= 11 is 11.8. The first-order valence-electron chi connectivity index (χ1n) is 7.49. The van der Waals surface area contributed by atoms with E-state index < -0.39 is 0 Å². The van der Waals surface area contributed by atoms with Gasteiger partial charge in [0.15, 0.2) is 0 Å². The second-order valence-corrected chi connectivity index (χ2v) is 6.39. The molecule has 0 spiro atoms. The number of hydrogen-bond acceptors (Lipinski definition) is 3. The molecule has 23 heavy (non-hydrogen) atoms. The van der Waals surface area contributed by atoms with Crippen molar-refractivity contribution in [1.82, 2.24) is 14.8 Å². The molecule has 1 aliphatic rings. The van der Waals surface area contributed by atoms with E-state index >= 15 is 0 Å². The Hall–Kier alpha value is -1.62. The molecule has 0 aliphatic carbocycles. The monoisotopic (exact) mass is 349 g/mol. The fourth-order valence-corrected chi connectivity index (χ4v) is 3.01. The van der Waals surface area contributed by atoms with Gasteiger partial charge in [-0.1, -0.05) is 35.3 Å². The van der Waals surface area contributed by atoms with Crippen molar-refractivity contribution in [3.05, 3.63) is 63.9 Å². The molecule has 2 aromatic rings. The van der Waals surface area contributed by atoms with Crippen molar-refractivity contribution >= 4 is 29.1 Å². The zero-order chi connectivity index (χ0) is 16.2. The van der Waals surface area contributed by atoms with Crippen LogP contribution in [-0.4, -0.2) is 46.9 Å². The van der Waals surface area contributed by atoms with E-state index in [4.69, 9.17) is 23.2 Å². The number of halogens is 2. The Kier molecular flexibility index (Phi) is 5.16. The minimum atomic E-state index is 0.0107. The van der Waals surface area contributed by atoms with Crippen molar-refractivity contribution in [2.45, 2.75) is 6.54 Å². The van der Waals surface area contributed by atoms with Gasteiger partial charge in [0.1, 0.15) is 5.15 Å². The molecule has 1 aromatic carbocycles. The summed E-state index contributed by atoms with van der Waals surface area (Å²) in [5.41, 5.74) is 1.77. The number of hydrogen-bond donors (Lipinski definition) is 0. The maximum absolute atomic E-state index is 12.4. The minimum absolute atomic E-state index is 0.0107. The lowest BCUT2D eigenvalue weighted by atomic mass is 10.2. The number of carbonyl (C=O) groups excluding carboxylic acids is 1. The van der Waals surface area contributed by atoms with Crippen molar-refractivity contribution in [3.8, 4) is 0 Å². The van der Waals surface area contributed by atoms with Crippen LogP contribution in [0.1, 0.15) is 15.9 Å². The summed E-state index contributed by atoms with van der Waals surface area (Å²) < 4.78 is 0. The molecule has 3 rings (SSSR count). The third-order valence-corrected chi connectivity index (χ3v) is 4.39. The number of pyridine rings is 1. The number of carbonyl (C=O) groups is 1. The van der Waals surface area contributed by atoms with E-state index in [1.807, 2.05) is 23.1 Å². The van der Waals surface area contributed by atoms with E-state index in [0.29, 0.717) is 23.8 Å². The summed E-state index contributed by atoms with van der Waals surface area (Å²) in [4.78, 5) is 20.6. The molecule has 1 aromatic heterocycles. The first kappa shape index (κ1) is 16.2. The average Bonchev–Trinajstić information content (AvgIpc) is 2.56. The molecule has 0 unspecified atom stereocenters. The topological polar surface area (TPSA) is 36.4 Å². The number of amides is 1. The molecule has 2 heterocycles. The molecule has 4 nitrogen and oxygen atoms in total. The summed E-state index contributed by atoms with van der Waals surface area (Å²) in [5.74, 6) is 0.0107. The molecule has 1 aliphatic heterocycles. The van der Waals surface area contributed by atoms with Gasteiger partial charge >= 0.3 is 0 Å². The van der Waals surface area contributed by atoms with E-state index in [1.54, 1.807) is 12.1 Å². The third-order valence-electron chi connectivity index (χ3n) is 3.93. The first-order valence-corrected chi connectivity index (χ1v) is 8.25. The van der Waals surface area contributed by atoms with Crippen LogP contribution in [0.2, 0.25) is 10.2 Å². The van der Waals surface area contributed by atoms with Gasteiger partial charge in [-0.25, -0.2) is 4.98 Å². The van der Waals surface area contributed by atoms with E-state index in [2.05, 4.69) is 16.0 Å². The quantitative estimate of drug-likeness (QED) is 0.797. The molecule has 1 saturated heterocycles. The van der Waals surface area contributed by atoms with Gasteiger partial charge < -0.3 is 4.90 Å². The summed E-state index contributed by atoms with van der Waals surface area (Å²) in [6.07, 6.45) is 1.53. The number of aromatic nitrogens is 1. The summed E-state index contributed by atoms with van der Waals surface area (Å²) in [7, 11) is 0. The molecule has 6 heteroatoms. The normalized spacial score (nSPS) is 15.7. The maximum Gasteiger partial charge on any atom is 0.255 e. The van der Waals surface area contributed by atoms with Crippen molar-refractivity contribution in [3.63, 3.8) is 0 Å². The van der Waals surface area contributed by atoms with Crippen LogP contribution in [0.5, 0.6) is 0 Å². The predicted molar refractivity (Wildman–Crippen MR) is 91.9 cm³/mol. The van der Waals surface area contributed by atoms with Gasteiger partial charge in [-0.2, -0.15) is 0 Å². The SMILES string of the molecule is O=C(c1ccc(Cl)nc1)N1CCN(Cc2cccc(Cl)c2)CC1. The highest BCUT2D eigenvalue weighted by molar-refractivity contribution is 6.30. The van der Waals surface area contributed by atoms with Crippen LogP contribution in [0, 0.1) is 0 Å². The molecule has 0 bridgehead atoms. The Labute approximate surface area is 145 Å². The van der Waals surface area contributed by atoms with Crippen LogP contribution in [0.25, 0.3) is 0 Å². The molecule has 0 saturated carbocycles. The summed E-state index contributed by atoms with van der Waals surface area (Å²) in [6.45, 7) is 3.97. The number of nitrogens with zero attached hydrogens (tertiary/aromatic N) is 3. The van der Waals surface area contributed by atoms with Gasteiger partial charge in [0.25, 0.3) is 5.91 Å². The van der Waals surface area contributed by atoms with Crippen LogP contribution in [0.3, 0.4) is 0 Å². The van der Waals surface area contributed by atoms with E-state index in [1.165, 1.54) is 11.8 Å². The summed E-state index contributed by atoms with van der Waals surface area (Å²) in [6, 6.07) is 11.3. The Morgan fingerprint density at radius 1 is 1.09 bits per heavy atom. The molecule has 0 atom stereocenters. The lowest BCUT2D eigenvalue weighted by Crippen LogP contribution is -2.48. The van der Waals surface area contributed by atoms with Gasteiger partial charge in [-0.15, -0.1) is 0 Å². The molecular formula is C17H17Cl2N3O. The maximum atomic E-state index is 12.4. The fraction of sp³-hybridized carbons (Fsp3) is 0.294. The first-order chi connectivity index (χ1) is 11.1. The Morgan fingerprint density at radius 3 is 2.52 bits per heavy atom. The van der Waals surface area contributed by atoms with Crippen LogP contribution < -0.4 is 0 Å². The Morgan fingerprint density at radius 2 is 1.87 bits per heavy atom. The smallest absolute Gasteiger partial charge is 0.255 e. The van der Waals surface area contributed by atoms with Crippen LogP contribution in [0.4, 0.5) is 0 Å². The van der Waals surface area contributed by atoms with Crippen molar-refractivity contribution in [1.29, 1.82) is 0 Å². The molecule has 0 radical (unpaired) electrons. The summed E-state index contributed by atoms with van der Waals surface area (Å²) in [5, 5.41) is 1.15. The highest BCUT2D eigenvalue weighted by Gasteiger charge is 2.22.